The van der Waals surface area contributed by atoms with Crippen LogP contribution in [0.25, 0.3) is 10.2 Å². The zero-order chi connectivity index (χ0) is 29.0. The number of nitrogens with zero attached hydrogens (tertiary/aromatic N) is 2. The SMILES string of the molecule is C=C(CN1CCOCC1)C(=O)NCC1(C2CCCC2)CC1NC(=O)[C@H](Cc1nc2ccc(Cl)cc2s1)NC(=O)NC. The maximum absolute atomic E-state index is 13.6. The molecule has 0 bridgehead atoms. The molecular formula is C29H39ClN6O4S. The molecule has 2 heterocycles. The highest BCUT2D eigenvalue weighted by Gasteiger charge is 2.59. The Hall–Kier alpha value is -2.73. The normalized spacial score (nSPS) is 23.6. The molecule has 3 atom stereocenters. The molecule has 41 heavy (non-hydrogen) atoms. The van der Waals surface area contributed by atoms with Gasteiger partial charge in [0.1, 0.15) is 6.04 Å². The zero-order valence-electron chi connectivity index (χ0n) is 23.5. The van der Waals surface area contributed by atoms with Gasteiger partial charge >= 0.3 is 6.03 Å². The molecule has 2 aliphatic carbocycles. The van der Waals surface area contributed by atoms with Crippen LogP contribution < -0.4 is 21.3 Å². The van der Waals surface area contributed by atoms with Crippen LogP contribution in [0.1, 0.15) is 37.1 Å². The third-order valence-corrected chi connectivity index (χ3v) is 9.92. The van der Waals surface area contributed by atoms with E-state index in [1.54, 1.807) is 6.07 Å². The van der Waals surface area contributed by atoms with Gasteiger partial charge < -0.3 is 26.0 Å². The Morgan fingerprint density at radius 3 is 2.73 bits per heavy atom. The molecule has 3 fully saturated rings. The largest absolute Gasteiger partial charge is 0.379 e. The number of amides is 4. The summed E-state index contributed by atoms with van der Waals surface area (Å²) in [6.45, 7) is 7.98. The third-order valence-electron chi connectivity index (χ3n) is 8.64. The van der Waals surface area contributed by atoms with Crippen LogP contribution in [0.4, 0.5) is 4.79 Å². The minimum Gasteiger partial charge on any atom is -0.379 e. The number of nitrogens with one attached hydrogen (secondary N) is 4. The number of thiazole rings is 1. The van der Waals surface area contributed by atoms with E-state index in [1.165, 1.54) is 18.4 Å². The maximum Gasteiger partial charge on any atom is 0.315 e. The van der Waals surface area contributed by atoms with Gasteiger partial charge in [0.25, 0.3) is 0 Å². The molecule has 3 aliphatic rings. The van der Waals surface area contributed by atoms with Crippen molar-refractivity contribution in [3.8, 4) is 0 Å². The second kappa shape index (κ2) is 13.1. The standard InChI is InChI=1S/C29H39ClN6O4S/c1-18(16-36-9-11-40-12-10-36)26(37)32-17-29(19-5-3-4-6-19)15-24(29)35-27(38)22(34-28(39)31-2)14-25-33-21-8-7-20(30)13-23(21)41-25/h7-8,13,19,22,24H,1,3-6,9-12,14-17H2,2H3,(H,32,37)(H,35,38)(H2,31,34,39)/t22-,24?,29?/m0/s1. The Morgan fingerprint density at radius 1 is 1.24 bits per heavy atom. The maximum atomic E-state index is 13.6. The molecule has 10 nitrogen and oxygen atoms in total. The van der Waals surface area contributed by atoms with E-state index in [4.69, 9.17) is 16.3 Å². The molecule has 4 N–H and O–H groups in total. The summed E-state index contributed by atoms with van der Waals surface area (Å²) in [6.07, 6.45) is 5.56. The van der Waals surface area contributed by atoms with Crippen molar-refractivity contribution in [1.82, 2.24) is 31.2 Å². The first-order valence-electron chi connectivity index (χ1n) is 14.4. The van der Waals surface area contributed by atoms with Gasteiger partial charge in [-0.1, -0.05) is 31.0 Å². The fourth-order valence-corrected chi connectivity index (χ4v) is 7.49. The van der Waals surface area contributed by atoms with Crippen LogP contribution in [-0.2, 0) is 20.7 Å². The van der Waals surface area contributed by atoms with E-state index in [0.29, 0.717) is 42.8 Å². The van der Waals surface area contributed by atoms with Crippen LogP contribution >= 0.6 is 22.9 Å². The number of urea groups is 1. The van der Waals surface area contributed by atoms with Crippen molar-refractivity contribution in [2.24, 2.45) is 11.3 Å². The van der Waals surface area contributed by atoms with Gasteiger partial charge in [0.2, 0.25) is 11.8 Å². The van der Waals surface area contributed by atoms with E-state index < -0.39 is 12.1 Å². The molecule has 0 radical (unpaired) electrons. The molecule has 4 amide bonds. The molecule has 1 aromatic heterocycles. The monoisotopic (exact) mass is 602 g/mol. The minimum absolute atomic E-state index is 0.0749. The smallest absolute Gasteiger partial charge is 0.315 e. The lowest BCUT2D eigenvalue weighted by molar-refractivity contribution is -0.123. The van der Waals surface area contributed by atoms with Crippen molar-refractivity contribution < 1.29 is 19.1 Å². The molecule has 2 saturated carbocycles. The summed E-state index contributed by atoms with van der Waals surface area (Å²) in [5.74, 6) is 0.0414. The van der Waals surface area contributed by atoms with Gasteiger partial charge in [-0.25, -0.2) is 9.78 Å². The quantitative estimate of drug-likeness (QED) is 0.293. The number of carbonyl (C=O) groups is 3. The highest BCUT2D eigenvalue weighted by atomic mass is 35.5. The van der Waals surface area contributed by atoms with Gasteiger partial charge in [-0.15, -0.1) is 11.3 Å². The van der Waals surface area contributed by atoms with E-state index in [9.17, 15) is 14.4 Å². The molecule has 222 valence electrons. The molecule has 1 aromatic carbocycles. The first kappa shape index (κ1) is 29.8. The van der Waals surface area contributed by atoms with Gasteiger partial charge in [0.15, 0.2) is 0 Å². The molecule has 0 spiro atoms. The Balaban J connectivity index is 1.23. The molecule has 5 rings (SSSR count). The third kappa shape index (κ3) is 7.20. The summed E-state index contributed by atoms with van der Waals surface area (Å²) in [6, 6.07) is 4.18. The first-order valence-corrected chi connectivity index (χ1v) is 15.6. The van der Waals surface area contributed by atoms with Gasteiger partial charge in [0, 0.05) is 61.7 Å². The predicted molar refractivity (Wildman–Crippen MR) is 160 cm³/mol. The topological polar surface area (TPSA) is 125 Å². The number of ether oxygens (including phenoxy) is 1. The number of fused-ring (bicyclic) bond motifs is 1. The number of morpholine rings is 1. The van der Waals surface area contributed by atoms with Crippen molar-refractivity contribution in [2.75, 3.05) is 46.4 Å². The number of halogens is 1. The van der Waals surface area contributed by atoms with Crippen LogP contribution in [0, 0.1) is 11.3 Å². The van der Waals surface area contributed by atoms with Gasteiger partial charge in [-0.2, -0.15) is 0 Å². The lowest BCUT2D eigenvalue weighted by Gasteiger charge is -2.28. The Kier molecular flexibility index (Phi) is 9.48. The molecule has 2 unspecified atom stereocenters. The van der Waals surface area contributed by atoms with Crippen LogP contribution in [0.2, 0.25) is 5.02 Å². The molecular weight excluding hydrogens is 564 g/mol. The summed E-state index contributed by atoms with van der Waals surface area (Å²) >= 11 is 7.59. The lowest BCUT2D eigenvalue weighted by atomic mass is 9.86. The second-order valence-corrected chi connectivity index (χ2v) is 12.9. The number of benzene rings is 1. The lowest BCUT2D eigenvalue weighted by Crippen LogP contribution is -2.52. The Labute approximate surface area is 249 Å². The average molecular weight is 603 g/mol. The van der Waals surface area contributed by atoms with Gasteiger partial charge in [0.05, 0.1) is 28.4 Å². The summed E-state index contributed by atoms with van der Waals surface area (Å²) in [5.41, 5.74) is 1.16. The number of carbonyl (C=O) groups excluding carboxylic acids is 3. The van der Waals surface area contributed by atoms with Gasteiger partial charge in [-0.05, 0) is 43.4 Å². The summed E-state index contributed by atoms with van der Waals surface area (Å²) in [7, 11) is 1.52. The van der Waals surface area contributed by atoms with E-state index in [1.807, 2.05) is 12.1 Å². The highest BCUT2D eigenvalue weighted by Crippen LogP contribution is 2.57. The summed E-state index contributed by atoms with van der Waals surface area (Å²) in [5, 5.41) is 13.0. The first-order chi connectivity index (χ1) is 19.8. The van der Waals surface area contributed by atoms with E-state index >= 15 is 0 Å². The summed E-state index contributed by atoms with van der Waals surface area (Å²) in [4.78, 5) is 45.6. The fourth-order valence-electron chi connectivity index (χ4n) is 6.20. The summed E-state index contributed by atoms with van der Waals surface area (Å²) < 4.78 is 6.33. The number of aromatic nitrogens is 1. The average Bonchev–Trinajstić information content (AvgIpc) is 3.29. The van der Waals surface area contributed by atoms with Crippen LogP contribution in [0.5, 0.6) is 0 Å². The number of rotatable bonds is 11. The van der Waals surface area contributed by atoms with Crippen LogP contribution in [0.15, 0.2) is 30.4 Å². The fraction of sp³-hybridized carbons (Fsp3) is 0.586. The van der Waals surface area contributed by atoms with Crippen LogP contribution in [-0.4, -0.2) is 86.3 Å². The second-order valence-electron chi connectivity index (χ2n) is 11.4. The predicted octanol–water partition coefficient (Wildman–Crippen LogP) is 2.86. The van der Waals surface area contributed by atoms with Crippen molar-refractivity contribution in [3.05, 3.63) is 40.4 Å². The van der Waals surface area contributed by atoms with Crippen molar-refractivity contribution in [3.63, 3.8) is 0 Å². The Bertz CT molecular complexity index is 1290. The van der Waals surface area contributed by atoms with Crippen molar-refractivity contribution >= 4 is 51.0 Å². The number of hydrogen-bond acceptors (Lipinski definition) is 7. The van der Waals surface area contributed by atoms with E-state index in [0.717, 1.165) is 60.4 Å². The van der Waals surface area contributed by atoms with E-state index in [2.05, 4.69) is 37.7 Å². The molecule has 1 saturated heterocycles. The molecule has 12 heteroatoms. The molecule has 2 aromatic rings. The molecule has 1 aliphatic heterocycles. The number of hydrogen-bond donors (Lipinski definition) is 4. The van der Waals surface area contributed by atoms with E-state index in [-0.39, 0.29) is 29.7 Å². The minimum atomic E-state index is -0.796. The highest BCUT2D eigenvalue weighted by molar-refractivity contribution is 7.18. The van der Waals surface area contributed by atoms with Gasteiger partial charge in [-0.3, -0.25) is 14.5 Å². The Morgan fingerprint density at radius 2 is 2.00 bits per heavy atom. The van der Waals surface area contributed by atoms with Crippen LogP contribution in [0.3, 0.4) is 0 Å². The van der Waals surface area contributed by atoms with Crippen molar-refractivity contribution in [1.29, 1.82) is 0 Å². The zero-order valence-corrected chi connectivity index (χ0v) is 25.0. The van der Waals surface area contributed by atoms with Crippen molar-refractivity contribution in [2.45, 2.75) is 50.6 Å².